The molecule has 1 aromatic rings. The molecule has 1 fully saturated rings. The van der Waals surface area contributed by atoms with E-state index < -0.39 is 0 Å². The molecular weight excluding hydrogens is 246 g/mol. The molecule has 0 amide bonds. The summed E-state index contributed by atoms with van der Waals surface area (Å²) < 4.78 is 0. The van der Waals surface area contributed by atoms with Gasteiger partial charge in [0.05, 0.1) is 11.3 Å². The van der Waals surface area contributed by atoms with Gasteiger partial charge in [0.2, 0.25) is 0 Å². The molecule has 18 heavy (non-hydrogen) atoms. The first-order valence-corrected chi connectivity index (χ1v) is 6.64. The summed E-state index contributed by atoms with van der Waals surface area (Å²) in [5, 5.41) is 13.2. The molecule has 4 heteroatoms. The van der Waals surface area contributed by atoms with Gasteiger partial charge in [-0.05, 0) is 45.0 Å². The highest BCUT2D eigenvalue weighted by molar-refractivity contribution is 6.30. The number of nitriles is 1. The van der Waals surface area contributed by atoms with Crippen molar-refractivity contribution in [1.82, 2.24) is 4.90 Å². The van der Waals surface area contributed by atoms with Crippen molar-refractivity contribution < 1.29 is 0 Å². The second-order valence-corrected chi connectivity index (χ2v) is 5.43. The summed E-state index contributed by atoms with van der Waals surface area (Å²) in [6.07, 6.45) is 2.21. The monoisotopic (exact) mass is 263 g/mol. The molecule has 3 nitrogen and oxygen atoms in total. The van der Waals surface area contributed by atoms with Crippen LogP contribution in [-0.2, 0) is 0 Å². The van der Waals surface area contributed by atoms with Crippen molar-refractivity contribution in [3.63, 3.8) is 0 Å². The van der Waals surface area contributed by atoms with Crippen LogP contribution >= 0.6 is 11.6 Å². The standard InChI is InChI=1S/C14H18ClN3/c1-10-7-13(5-6-18(10)2)17-14-4-3-12(15)8-11(14)9-16/h3-4,8,10,13,17H,5-7H2,1-2H3. The van der Waals surface area contributed by atoms with Crippen LogP contribution in [0, 0.1) is 11.3 Å². The Hall–Kier alpha value is -1.24. The van der Waals surface area contributed by atoms with Gasteiger partial charge in [-0.3, -0.25) is 0 Å². The Balaban J connectivity index is 2.08. The van der Waals surface area contributed by atoms with Gasteiger partial charge in [0, 0.05) is 23.7 Å². The first-order valence-electron chi connectivity index (χ1n) is 6.26. The lowest BCUT2D eigenvalue weighted by Gasteiger charge is -2.35. The van der Waals surface area contributed by atoms with E-state index in [4.69, 9.17) is 16.9 Å². The number of hydrogen-bond donors (Lipinski definition) is 1. The van der Waals surface area contributed by atoms with Crippen molar-refractivity contribution >= 4 is 17.3 Å². The third-order valence-corrected chi connectivity index (χ3v) is 3.91. The molecule has 1 aliphatic rings. The third kappa shape index (κ3) is 2.95. The Kier molecular flexibility index (Phi) is 4.11. The summed E-state index contributed by atoms with van der Waals surface area (Å²) in [5.74, 6) is 0. The lowest BCUT2D eigenvalue weighted by molar-refractivity contribution is 0.190. The van der Waals surface area contributed by atoms with Crippen LogP contribution in [0.1, 0.15) is 25.3 Å². The number of rotatable bonds is 2. The topological polar surface area (TPSA) is 39.1 Å². The Morgan fingerprint density at radius 2 is 2.28 bits per heavy atom. The number of benzene rings is 1. The first kappa shape index (κ1) is 13.2. The van der Waals surface area contributed by atoms with E-state index in [0.29, 0.717) is 22.7 Å². The van der Waals surface area contributed by atoms with Crippen LogP contribution in [-0.4, -0.2) is 30.6 Å². The minimum Gasteiger partial charge on any atom is -0.381 e. The maximum Gasteiger partial charge on any atom is 0.101 e. The van der Waals surface area contributed by atoms with Crippen LogP contribution in [0.4, 0.5) is 5.69 Å². The van der Waals surface area contributed by atoms with Crippen molar-refractivity contribution in [1.29, 1.82) is 5.26 Å². The van der Waals surface area contributed by atoms with Crippen LogP contribution in [0.5, 0.6) is 0 Å². The van der Waals surface area contributed by atoms with E-state index in [2.05, 4.69) is 30.3 Å². The fourth-order valence-electron chi connectivity index (χ4n) is 2.38. The van der Waals surface area contributed by atoms with Crippen LogP contribution in [0.25, 0.3) is 0 Å². The van der Waals surface area contributed by atoms with Gasteiger partial charge in [0.25, 0.3) is 0 Å². The van der Waals surface area contributed by atoms with Crippen molar-refractivity contribution in [2.45, 2.75) is 31.8 Å². The highest BCUT2D eigenvalue weighted by Gasteiger charge is 2.23. The maximum absolute atomic E-state index is 9.11. The maximum atomic E-state index is 9.11. The zero-order valence-corrected chi connectivity index (χ0v) is 11.5. The molecule has 2 rings (SSSR count). The number of nitrogens with zero attached hydrogens (tertiary/aromatic N) is 2. The summed E-state index contributed by atoms with van der Waals surface area (Å²) in [6, 6.07) is 8.63. The predicted molar refractivity (Wildman–Crippen MR) is 74.9 cm³/mol. The fraction of sp³-hybridized carbons (Fsp3) is 0.500. The minimum absolute atomic E-state index is 0.435. The van der Waals surface area contributed by atoms with Gasteiger partial charge in [-0.15, -0.1) is 0 Å². The van der Waals surface area contributed by atoms with Gasteiger partial charge in [-0.25, -0.2) is 0 Å². The molecule has 2 unspecified atom stereocenters. The molecule has 0 aliphatic carbocycles. The lowest BCUT2D eigenvalue weighted by atomic mass is 9.98. The highest BCUT2D eigenvalue weighted by Crippen LogP contribution is 2.24. The van der Waals surface area contributed by atoms with E-state index in [1.807, 2.05) is 12.1 Å². The van der Waals surface area contributed by atoms with Crippen molar-refractivity contribution in [3.05, 3.63) is 28.8 Å². The van der Waals surface area contributed by atoms with Gasteiger partial charge >= 0.3 is 0 Å². The Morgan fingerprint density at radius 1 is 1.50 bits per heavy atom. The Bertz CT molecular complexity index is 467. The molecule has 1 aliphatic heterocycles. The molecule has 96 valence electrons. The van der Waals surface area contributed by atoms with Gasteiger partial charge in [-0.1, -0.05) is 11.6 Å². The Labute approximate surface area is 113 Å². The smallest absolute Gasteiger partial charge is 0.101 e. The number of likely N-dealkylation sites (tertiary alicyclic amines) is 1. The number of hydrogen-bond acceptors (Lipinski definition) is 3. The largest absolute Gasteiger partial charge is 0.381 e. The van der Waals surface area contributed by atoms with Gasteiger partial charge < -0.3 is 10.2 Å². The van der Waals surface area contributed by atoms with E-state index in [9.17, 15) is 0 Å². The molecule has 0 bridgehead atoms. The normalized spacial score (nSPS) is 24.6. The first-order chi connectivity index (χ1) is 8.60. The molecule has 1 saturated heterocycles. The molecule has 1 heterocycles. The second kappa shape index (κ2) is 5.60. The summed E-state index contributed by atoms with van der Waals surface area (Å²) in [5.41, 5.74) is 1.51. The number of halogens is 1. The van der Waals surface area contributed by atoms with E-state index in [1.165, 1.54) is 0 Å². The SMILES string of the molecule is CC1CC(Nc2ccc(Cl)cc2C#N)CCN1C. The van der Waals surface area contributed by atoms with Gasteiger partial charge in [0.15, 0.2) is 0 Å². The number of anilines is 1. The van der Waals surface area contributed by atoms with E-state index in [1.54, 1.807) is 6.07 Å². The summed E-state index contributed by atoms with van der Waals surface area (Å²) in [4.78, 5) is 2.37. The number of piperidine rings is 1. The molecule has 0 radical (unpaired) electrons. The molecule has 1 N–H and O–H groups in total. The summed E-state index contributed by atoms with van der Waals surface area (Å²) >= 11 is 5.90. The Morgan fingerprint density at radius 3 is 2.94 bits per heavy atom. The highest BCUT2D eigenvalue weighted by atomic mass is 35.5. The van der Waals surface area contributed by atoms with E-state index in [0.717, 1.165) is 25.1 Å². The quantitative estimate of drug-likeness (QED) is 0.891. The van der Waals surface area contributed by atoms with Crippen LogP contribution in [0.3, 0.4) is 0 Å². The van der Waals surface area contributed by atoms with Crippen molar-refractivity contribution in [2.24, 2.45) is 0 Å². The molecular formula is C14H18ClN3. The molecule has 2 atom stereocenters. The van der Waals surface area contributed by atoms with Crippen LogP contribution in [0.2, 0.25) is 5.02 Å². The zero-order chi connectivity index (χ0) is 13.1. The molecule has 0 aromatic heterocycles. The fourth-order valence-corrected chi connectivity index (χ4v) is 2.55. The van der Waals surface area contributed by atoms with Crippen molar-refractivity contribution in [3.8, 4) is 6.07 Å². The van der Waals surface area contributed by atoms with Crippen molar-refractivity contribution in [2.75, 3.05) is 18.9 Å². The van der Waals surface area contributed by atoms with Crippen LogP contribution in [0.15, 0.2) is 18.2 Å². The lowest BCUT2D eigenvalue weighted by Crippen LogP contribution is -2.42. The third-order valence-electron chi connectivity index (χ3n) is 3.67. The van der Waals surface area contributed by atoms with Crippen LogP contribution < -0.4 is 5.32 Å². The zero-order valence-electron chi connectivity index (χ0n) is 10.8. The van der Waals surface area contributed by atoms with E-state index in [-0.39, 0.29) is 0 Å². The molecule has 1 aromatic carbocycles. The average molecular weight is 264 g/mol. The summed E-state index contributed by atoms with van der Waals surface area (Å²) in [6.45, 7) is 3.33. The minimum atomic E-state index is 0.435. The molecule has 0 saturated carbocycles. The average Bonchev–Trinajstić information content (AvgIpc) is 2.36. The summed E-state index contributed by atoms with van der Waals surface area (Å²) in [7, 11) is 2.16. The molecule has 0 spiro atoms. The van der Waals surface area contributed by atoms with Gasteiger partial charge in [-0.2, -0.15) is 5.26 Å². The number of nitrogens with one attached hydrogen (secondary N) is 1. The second-order valence-electron chi connectivity index (χ2n) is 5.00. The predicted octanol–water partition coefficient (Wildman–Crippen LogP) is 3.11. The van der Waals surface area contributed by atoms with E-state index >= 15 is 0 Å². The van der Waals surface area contributed by atoms with Gasteiger partial charge in [0.1, 0.15) is 6.07 Å².